The van der Waals surface area contributed by atoms with Gasteiger partial charge in [-0.2, -0.15) is 4.31 Å². The number of rotatable bonds is 8. The van der Waals surface area contributed by atoms with Gasteiger partial charge in [0.15, 0.2) is 0 Å². The van der Waals surface area contributed by atoms with Crippen molar-refractivity contribution < 1.29 is 17.9 Å². The summed E-state index contributed by atoms with van der Waals surface area (Å²) in [6, 6.07) is 6.98. The second-order valence-corrected chi connectivity index (χ2v) is 11.7. The van der Waals surface area contributed by atoms with Crippen LogP contribution in [0.15, 0.2) is 29.2 Å². The number of carbonyl (C=O) groups is 1. The molecule has 2 saturated heterocycles. The highest BCUT2D eigenvalue weighted by molar-refractivity contribution is 7.89. The lowest BCUT2D eigenvalue weighted by Gasteiger charge is -2.48. The van der Waals surface area contributed by atoms with Crippen LogP contribution in [-0.2, 0) is 26.0 Å². The molecule has 1 aliphatic carbocycles. The molecular weight excluding hydrogens is 438 g/mol. The van der Waals surface area contributed by atoms with Gasteiger partial charge in [-0.25, -0.2) is 8.42 Å². The van der Waals surface area contributed by atoms with E-state index in [1.54, 1.807) is 12.1 Å². The molecule has 7 nitrogen and oxygen atoms in total. The van der Waals surface area contributed by atoms with Crippen molar-refractivity contribution in [1.82, 2.24) is 14.5 Å². The van der Waals surface area contributed by atoms with Crippen molar-refractivity contribution in [2.24, 2.45) is 0 Å². The average molecular weight is 478 g/mol. The van der Waals surface area contributed by atoms with Crippen LogP contribution in [0.25, 0.3) is 0 Å². The van der Waals surface area contributed by atoms with Crippen molar-refractivity contribution in [3.05, 3.63) is 29.8 Å². The summed E-state index contributed by atoms with van der Waals surface area (Å²) in [5.74, 6) is 0.0852. The Labute approximate surface area is 198 Å². The van der Waals surface area contributed by atoms with Crippen LogP contribution < -0.4 is 5.32 Å². The number of sulfonamides is 1. The zero-order valence-electron chi connectivity index (χ0n) is 19.8. The predicted octanol–water partition coefficient (Wildman–Crippen LogP) is 2.95. The summed E-state index contributed by atoms with van der Waals surface area (Å²) in [4.78, 5) is 15.6. The van der Waals surface area contributed by atoms with E-state index < -0.39 is 10.0 Å². The lowest BCUT2D eigenvalue weighted by atomic mass is 9.79. The van der Waals surface area contributed by atoms with Crippen LogP contribution in [0.3, 0.4) is 0 Å². The number of nitrogens with one attached hydrogen (secondary N) is 1. The number of hydrogen-bond acceptors (Lipinski definition) is 5. The molecular formula is C25H39N3O4S. The van der Waals surface area contributed by atoms with E-state index in [9.17, 15) is 13.2 Å². The summed E-state index contributed by atoms with van der Waals surface area (Å²) in [5, 5.41) is 3.24. The molecule has 4 rings (SSSR count). The van der Waals surface area contributed by atoms with Crippen molar-refractivity contribution >= 4 is 15.9 Å². The highest BCUT2D eigenvalue weighted by atomic mass is 32.2. The lowest BCUT2D eigenvalue weighted by molar-refractivity contribution is -0.122. The lowest BCUT2D eigenvalue weighted by Crippen LogP contribution is -2.58. The number of ether oxygens (including phenoxy) is 1. The van der Waals surface area contributed by atoms with Crippen LogP contribution in [0.2, 0.25) is 0 Å². The number of carbonyl (C=O) groups excluding carboxylic acids is 1. The molecule has 0 radical (unpaired) electrons. The third kappa shape index (κ3) is 6.15. The first kappa shape index (κ1) is 24.6. The van der Waals surface area contributed by atoms with Gasteiger partial charge in [0, 0.05) is 31.6 Å². The molecule has 0 atom stereocenters. The largest absolute Gasteiger partial charge is 0.379 e. The number of aryl methyl sites for hydroxylation is 1. The molecule has 1 N–H and O–H groups in total. The maximum absolute atomic E-state index is 12.8. The van der Waals surface area contributed by atoms with Gasteiger partial charge in [0.2, 0.25) is 15.9 Å². The number of amides is 1. The predicted molar refractivity (Wildman–Crippen MR) is 129 cm³/mol. The van der Waals surface area contributed by atoms with Gasteiger partial charge in [-0.1, -0.05) is 37.8 Å². The molecule has 2 heterocycles. The standard InChI is InChI=1S/C25H39N3O4S/c29-24(26-21-25(13-3-1-4-14-25)27-15-5-2-6-16-27)12-9-22-7-10-23(11-8-22)33(30,31)28-17-19-32-20-18-28/h7-8,10-11H,1-6,9,12-21H2,(H,26,29). The van der Waals surface area contributed by atoms with Gasteiger partial charge in [-0.3, -0.25) is 9.69 Å². The molecule has 3 aliphatic rings. The Kier molecular flexibility index (Phi) is 8.43. The molecule has 0 spiro atoms. The summed E-state index contributed by atoms with van der Waals surface area (Å²) in [6.45, 7) is 4.73. The molecule has 8 heteroatoms. The van der Waals surface area contributed by atoms with Gasteiger partial charge < -0.3 is 10.1 Å². The summed E-state index contributed by atoms with van der Waals surface area (Å²) < 4.78 is 32.3. The van der Waals surface area contributed by atoms with E-state index in [4.69, 9.17) is 4.74 Å². The average Bonchev–Trinajstić information content (AvgIpc) is 2.88. The van der Waals surface area contributed by atoms with E-state index in [0.29, 0.717) is 44.0 Å². The minimum atomic E-state index is -3.48. The minimum Gasteiger partial charge on any atom is -0.379 e. The number of morpholine rings is 1. The summed E-state index contributed by atoms with van der Waals surface area (Å²) in [5.41, 5.74) is 1.12. The Balaban J connectivity index is 1.28. The molecule has 0 bridgehead atoms. The second-order valence-electron chi connectivity index (χ2n) is 9.77. The van der Waals surface area contributed by atoms with Gasteiger partial charge >= 0.3 is 0 Å². The topological polar surface area (TPSA) is 79.0 Å². The Bertz CT molecular complexity index is 869. The zero-order valence-corrected chi connectivity index (χ0v) is 20.6. The highest BCUT2D eigenvalue weighted by Crippen LogP contribution is 2.35. The molecule has 0 aromatic heterocycles. The Morgan fingerprint density at radius 3 is 2.21 bits per heavy atom. The normalized spacial score (nSPS) is 22.7. The van der Waals surface area contributed by atoms with E-state index >= 15 is 0 Å². The number of hydrogen-bond donors (Lipinski definition) is 1. The molecule has 1 aromatic carbocycles. The molecule has 2 aliphatic heterocycles. The molecule has 1 amide bonds. The Hall–Kier alpha value is -1.48. The van der Waals surface area contributed by atoms with Crippen molar-refractivity contribution in [3.63, 3.8) is 0 Å². The molecule has 184 valence electrons. The van der Waals surface area contributed by atoms with Gasteiger partial charge in [0.05, 0.1) is 18.1 Å². The molecule has 0 unspecified atom stereocenters. The van der Waals surface area contributed by atoms with Crippen molar-refractivity contribution in [2.45, 2.75) is 74.6 Å². The summed E-state index contributed by atoms with van der Waals surface area (Å²) in [7, 11) is -3.48. The minimum absolute atomic E-state index is 0.0852. The third-order valence-electron chi connectivity index (χ3n) is 7.60. The molecule has 3 fully saturated rings. The molecule has 1 aromatic rings. The van der Waals surface area contributed by atoms with Gasteiger partial charge in [-0.05, 0) is 62.9 Å². The van der Waals surface area contributed by atoms with E-state index in [2.05, 4.69) is 10.2 Å². The zero-order chi connectivity index (χ0) is 23.2. The van der Waals surface area contributed by atoms with Gasteiger partial charge in [-0.15, -0.1) is 0 Å². The quantitative estimate of drug-likeness (QED) is 0.623. The van der Waals surface area contributed by atoms with Gasteiger partial charge in [0.1, 0.15) is 0 Å². The maximum atomic E-state index is 12.8. The number of likely N-dealkylation sites (tertiary alicyclic amines) is 1. The number of piperidine rings is 1. The molecule has 1 saturated carbocycles. The first-order valence-electron chi connectivity index (χ1n) is 12.7. The maximum Gasteiger partial charge on any atom is 0.243 e. The van der Waals surface area contributed by atoms with Crippen LogP contribution in [0.4, 0.5) is 0 Å². The van der Waals surface area contributed by atoms with E-state index in [1.165, 1.54) is 55.7 Å². The fourth-order valence-corrected chi connectivity index (χ4v) is 6.96. The van der Waals surface area contributed by atoms with Crippen molar-refractivity contribution in [1.29, 1.82) is 0 Å². The van der Waals surface area contributed by atoms with Crippen LogP contribution in [-0.4, -0.2) is 75.0 Å². The number of benzene rings is 1. The van der Waals surface area contributed by atoms with E-state index in [-0.39, 0.29) is 11.4 Å². The fourth-order valence-electron chi connectivity index (χ4n) is 5.56. The fraction of sp³-hybridized carbons (Fsp3) is 0.720. The second kappa shape index (κ2) is 11.3. The van der Waals surface area contributed by atoms with Crippen LogP contribution in [0.1, 0.15) is 63.4 Å². The smallest absolute Gasteiger partial charge is 0.243 e. The monoisotopic (exact) mass is 477 g/mol. The highest BCUT2D eigenvalue weighted by Gasteiger charge is 2.38. The van der Waals surface area contributed by atoms with Crippen molar-refractivity contribution in [2.75, 3.05) is 45.9 Å². The summed E-state index contributed by atoms with van der Waals surface area (Å²) in [6.07, 6.45) is 11.1. The Morgan fingerprint density at radius 1 is 0.909 bits per heavy atom. The first-order chi connectivity index (χ1) is 16.0. The van der Waals surface area contributed by atoms with Gasteiger partial charge in [0.25, 0.3) is 0 Å². The van der Waals surface area contributed by atoms with Crippen LogP contribution >= 0.6 is 0 Å². The van der Waals surface area contributed by atoms with Crippen LogP contribution in [0, 0.1) is 0 Å². The van der Waals surface area contributed by atoms with E-state index in [1.807, 2.05) is 12.1 Å². The number of nitrogens with zero attached hydrogens (tertiary/aromatic N) is 2. The summed E-state index contributed by atoms with van der Waals surface area (Å²) >= 11 is 0. The first-order valence-corrected chi connectivity index (χ1v) is 14.1. The third-order valence-corrected chi connectivity index (χ3v) is 9.51. The van der Waals surface area contributed by atoms with Crippen LogP contribution in [0.5, 0.6) is 0 Å². The SMILES string of the molecule is O=C(CCc1ccc(S(=O)(=O)N2CCOCC2)cc1)NCC1(N2CCCCC2)CCCCC1. The van der Waals surface area contributed by atoms with E-state index in [0.717, 1.165) is 25.2 Å². The Morgan fingerprint density at radius 2 is 1.55 bits per heavy atom. The molecule has 33 heavy (non-hydrogen) atoms. The van der Waals surface area contributed by atoms with Crippen molar-refractivity contribution in [3.8, 4) is 0 Å².